The Morgan fingerprint density at radius 3 is 2.85 bits per heavy atom. The van der Waals surface area contributed by atoms with Gasteiger partial charge in [0.2, 0.25) is 5.90 Å². The molecule has 1 aromatic heterocycles. The van der Waals surface area contributed by atoms with Crippen LogP contribution in [0.1, 0.15) is 11.1 Å². The molecule has 2 heterocycles. The van der Waals surface area contributed by atoms with Crippen molar-refractivity contribution in [3.05, 3.63) is 62.1 Å². The van der Waals surface area contributed by atoms with Crippen molar-refractivity contribution in [1.82, 2.24) is 0 Å². The number of hydrogen-bond donors (Lipinski definition) is 0. The standard InChI is InChI=1S/C14H7BrFNO2S/c15-12-6-8(7-20-12)5-11-14(18)19-13(17-11)9-3-1-2-4-10(9)16/h1-7H/b11-5+. The van der Waals surface area contributed by atoms with Gasteiger partial charge in [0.05, 0.1) is 9.35 Å². The van der Waals surface area contributed by atoms with Gasteiger partial charge in [0.15, 0.2) is 5.70 Å². The fraction of sp³-hybridized carbons (Fsp3) is 0. The lowest BCUT2D eigenvalue weighted by molar-refractivity contribution is -0.129. The van der Waals surface area contributed by atoms with Crippen LogP contribution in [-0.4, -0.2) is 11.9 Å². The number of rotatable bonds is 2. The molecule has 0 saturated carbocycles. The zero-order chi connectivity index (χ0) is 14.1. The van der Waals surface area contributed by atoms with Gasteiger partial charge in [-0.15, -0.1) is 11.3 Å². The molecule has 2 aromatic rings. The molecule has 6 heteroatoms. The maximum atomic E-state index is 13.6. The van der Waals surface area contributed by atoms with E-state index in [4.69, 9.17) is 4.74 Å². The molecule has 0 fully saturated rings. The molecular formula is C14H7BrFNO2S. The van der Waals surface area contributed by atoms with E-state index < -0.39 is 11.8 Å². The van der Waals surface area contributed by atoms with E-state index in [1.54, 1.807) is 18.2 Å². The number of halogens is 2. The second-order valence-electron chi connectivity index (χ2n) is 4.00. The van der Waals surface area contributed by atoms with Gasteiger partial charge >= 0.3 is 5.97 Å². The number of thiophene rings is 1. The summed E-state index contributed by atoms with van der Waals surface area (Å²) in [5.74, 6) is -1.06. The number of nitrogens with zero attached hydrogens (tertiary/aromatic N) is 1. The fourth-order valence-electron chi connectivity index (χ4n) is 1.72. The van der Waals surface area contributed by atoms with Crippen LogP contribution in [0.5, 0.6) is 0 Å². The lowest BCUT2D eigenvalue weighted by Crippen LogP contribution is -2.07. The van der Waals surface area contributed by atoms with Gasteiger partial charge in [0.1, 0.15) is 5.82 Å². The summed E-state index contributed by atoms with van der Waals surface area (Å²) in [5.41, 5.74) is 1.18. The van der Waals surface area contributed by atoms with E-state index in [0.29, 0.717) is 0 Å². The number of cyclic esters (lactones) is 1. The first-order chi connectivity index (χ1) is 9.63. The first-order valence-corrected chi connectivity index (χ1v) is 7.32. The molecule has 1 aliphatic heterocycles. The van der Waals surface area contributed by atoms with E-state index in [-0.39, 0.29) is 17.2 Å². The van der Waals surface area contributed by atoms with Crippen molar-refractivity contribution in [1.29, 1.82) is 0 Å². The lowest BCUT2D eigenvalue weighted by Gasteiger charge is -1.99. The van der Waals surface area contributed by atoms with Gasteiger partial charge in [0.25, 0.3) is 0 Å². The SMILES string of the molecule is O=C1OC(c2ccccc2F)=N/C1=C/c1csc(Br)c1. The number of hydrogen-bond acceptors (Lipinski definition) is 4. The Morgan fingerprint density at radius 2 is 2.15 bits per heavy atom. The first kappa shape index (κ1) is 13.2. The van der Waals surface area contributed by atoms with Crippen molar-refractivity contribution < 1.29 is 13.9 Å². The van der Waals surface area contributed by atoms with Gasteiger partial charge in [-0.2, -0.15) is 0 Å². The Labute approximate surface area is 126 Å². The van der Waals surface area contributed by atoms with Crippen molar-refractivity contribution in [3.8, 4) is 0 Å². The summed E-state index contributed by atoms with van der Waals surface area (Å²) in [6.07, 6.45) is 1.61. The van der Waals surface area contributed by atoms with Gasteiger partial charge in [-0.05, 0) is 51.1 Å². The molecule has 0 bridgehead atoms. The summed E-state index contributed by atoms with van der Waals surface area (Å²) in [6.45, 7) is 0. The fourth-order valence-corrected chi connectivity index (χ4v) is 2.85. The number of carbonyl (C=O) groups excluding carboxylic acids is 1. The highest BCUT2D eigenvalue weighted by Gasteiger charge is 2.25. The average molecular weight is 352 g/mol. The molecule has 1 aromatic carbocycles. The van der Waals surface area contributed by atoms with Crippen LogP contribution in [0.15, 0.2) is 50.2 Å². The van der Waals surface area contributed by atoms with Crippen molar-refractivity contribution in [3.63, 3.8) is 0 Å². The topological polar surface area (TPSA) is 38.7 Å². The Morgan fingerprint density at radius 1 is 1.35 bits per heavy atom. The molecule has 0 N–H and O–H groups in total. The summed E-state index contributed by atoms with van der Waals surface area (Å²) >= 11 is 4.84. The van der Waals surface area contributed by atoms with Crippen LogP contribution in [0.25, 0.3) is 6.08 Å². The molecule has 0 spiro atoms. The van der Waals surface area contributed by atoms with Crippen LogP contribution in [0, 0.1) is 5.82 Å². The summed E-state index contributed by atoms with van der Waals surface area (Å²) in [4.78, 5) is 15.8. The monoisotopic (exact) mass is 351 g/mol. The number of aliphatic imine (C=N–C) groups is 1. The summed E-state index contributed by atoms with van der Waals surface area (Å²) in [7, 11) is 0. The van der Waals surface area contributed by atoms with E-state index in [0.717, 1.165) is 9.35 Å². The molecule has 0 atom stereocenters. The van der Waals surface area contributed by atoms with Crippen LogP contribution in [0.2, 0.25) is 0 Å². The van der Waals surface area contributed by atoms with E-state index >= 15 is 0 Å². The molecule has 20 heavy (non-hydrogen) atoms. The smallest absolute Gasteiger partial charge is 0.363 e. The van der Waals surface area contributed by atoms with E-state index in [1.165, 1.54) is 23.5 Å². The van der Waals surface area contributed by atoms with Crippen molar-refractivity contribution in [2.75, 3.05) is 0 Å². The quantitative estimate of drug-likeness (QED) is 0.606. The summed E-state index contributed by atoms with van der Waals surface area (Å²) in [5, 5.41) is 1.88. The third-order valence-electron chi connectivity index (χ3n) is 2.62. The van der Waals surface area contributed by atoms with Crippen molar-refractivity contribution >= 4 is 45.2 Å². The van der Waals surface area contributed by atoms with Crippen LogP contribution < -0.4 is 0 Å². The predicted molar refractivity (Wildman–Crippen MR) is 79.0 cm³/mol. The highest BCUT2D eigenvalue weighted by atomic mass is 79.9. The molecule has 0 radical (unpaired) electrons. The Kier molecular flexibility index (Phi) is 3.50. The summed E-state index contributed by atoms with van der Waals surface area (Å²) < 4.78 is 19.6. The van der Waals surface area contributed by atoms with Gasteiger partial charge in [-0.1, -0.05) is 12.1 Å². The summed E-state index contributed by atoms with van der Waals surface area (Å²) in [6, 6.07) is 7.90. The molecule has 100 valence electrons. The van der Waals surface area contributed by atoms with Crippen LogP contribution in [0.4, 0.5) is 4.39 Å². The van der Waals surface area contributed by atoms with Crippen molar-refractivity contribution in [2.45, 2.75) is 0 Å². The highest BCUT2D eigenvalue weighted by Crippen LogP contribution is 2.25. The zero-order valence-corrected chi connectivity index (χ0v) is 12.4. The normalized spacial score (nSPS) is 16.4. The third kappa shape index (κ3) is 2.57. The molecule has 3 rings (SSSR count). The van der Waals surface area contributed by atoms with Gasteiger partial charge in [-0.25, -0.2) is 14.2 Å². The maximum Gasteiger partial charge on any atom is 0.363 e. The predicted octanol–water partition coefficient (Wildman–Crippen LogP) is 3.99. The second kappa shape index (κ2) is 5.30. The zero-order valence-electron chi connectivity index (χ0n) is 9.97. The molecule has 0 saturated heterocycles. The number of carbonyl (C=O) groups is 1. The van der Waals surface area contributed by atoms with E-state index in [1.807, 2.05) is 11.4 Å². The van der Waals surface area contributed by atoms with E-state index in [2.05, 4.69) is 20.9 Å². The lowest BCUT2D eigenvalue weighted by atomic mass is 10.2. The molecular weight excluding hydrogens is 345 g/mol. The highest BCUT2D eigenvalue weighted by molar-refractivity contribution is 9.11. The molecule has 1 aliphatic rings. The van der Waals surface area contributed by atoms with Crippen LogP contribution in [-0.2, 0) is 9.53 Å². The molecule has 0 aliphatic carbocycles. The van der Waals surface area contributed by atoms with Crippen molar-refractivity contribution in [2.24, 2.45) is 4.99 Å². The number of esters is 1. The minimum atomic E-state index is -0.578. The molecule has 0 unspecified atom stereocenters. The van der Waals surface area contributed by atoms with Gasteiger partial charge in [0, 0.05) is 0 Å². The van der Waals surface area contributed by atoms with Crippen LogP contribution >= 0.6 is 27.3 Å². The minimum absolute atomic E-state index is 0.00588. The number of ether oxygens (including phenoxy) is 1. The molecule has 3 nitrogen and oxygen atoms in total. The van der Waals surface area contributed by atoms with Gasteiger partial charge < -0.3 is 4.74 Å². The largest absolute Gasteiger partial charge is 0.402 e. The Hall–Kier alpha value is -1.79. The second-order valence-corrected chi connectivity index (χ2v) is 6.29. The van der Waals surface area contributed by atoms with E-state index in [9.17, 15) is 9.18 Å². The molecule has 0 amide bonds. The number of benzene rings is 1. The maximum absolute atomic E-state index is 13.6. The van der Waals surface area contributed by atoms with Crippen LogP contribution in [0.3, 0.4) is 0 Å². The minimum Gasteiger partial charge on any atom is -0.402 e. The Bertz CT molecular complexity index is 751. The third-order valence-corrected chi connectivity index (χ3v) is 4.14. The van der Waals surface area contributed by atoms with Gasteiger partial charge in [-0.3, -0.25) is 0 Å². The first-order valence-electron chi connectivity index (χ1n) is 5.65. The average Bonchev–Trinajstić information content (AvgIpc) is 2.98. The Balaban J connectivity index is 1.97.